The van der Waals surface area contributed by atoms with E-state index in [9.17, 15) is 5.11 Å². The molecule has 0 aliphatic carbocycles. The lowest BCUT2D eigenvalue weighted by Gasteiger charge is -2.07. The molecule has 8 heteroatoms. The molecule has 2 heterocycles. The van der Waals surface area contributed by atoms with Crippen LogP contribution in [0, 0.1) is 11.3 Å². The van der Waals surface area contributed by atoms with Crippen LogP contribution in [0.4, 0.5) is 10.8 Å². The zero-order valence-corrected chi connectivity index (χ0v) is 14.3. The summed E-state index contributed by atoms with van der Waals surface area (Å²) in [5.74, 6) is 0.0156. The topological polar surface area (TPSA) is 99.5 Å². The highest BCUT2D eigenvalue weighted by atomic mass is 32.1. The zero-order valence-electron chi connectivity index (χ0n) is 13.4. The van der Waals surface area contributed by atoms with Crippen molar-refractivity contribution in [3.63, 3.8) is 0 Å². The summed E-state index contributed by atoms with van der Waals surface area (Å²) in [4.78, 5) is 0. The molecule has 0 aliphatic heterocycles. The van der Waals surface area contributed by atoms with Gasteiger partial charge >= 0.3 is 0 Å². The number of hydrogen-bond acceptors (Lipinski definition) is 7. The zero-order chi connectivity index (χ0) is 17.9. The van der Waals surface area contributed by atoms with Crippen LogP contribution in [0.3, 0.4) is 0 Å². The Balaban J connectivity index is 1.80. The van der Waals surface area contributed by atoms with Gasteiger partial charge in [-0.25, -0.2) is 0 Å². The normalized spacial score (nSPS) is 11.2. The van der Waals surface area contributed by atoms with E-state index in [-0.39, 0.29) is 5.88 Å². The van der Waals surface area contributed by atoms with Gasteiger partial charge in [-0.15, -0.1) is 20.4 Å². The molecule has 0 amide bonds. The van der Waals surface area contributed by atoms with Crippen molar-refractivity contribution in [2.24, 2.45) is 10.2 Å². The van der Waals surface area contributed by atoms with Crippen LogP contribution < -0.4 is 0 Å². The molecule has 4 rings (SSSR count). The average molecular weight is 360 g/mol. The summed E-state index contributed by atoms with van der Waals surface area (Å²) in [6.45, 7) is 0.413. The maximum Gasteiger partial charge on any atom is 0.251 e. The summed E-state index contributed by atoms with van der Waals surface area (Å²) in [5.41, 5.74) is 4.27. The molecule has 0 unspecified atom stereocenters. The molecule has 0 saturated carbocycles. The average Bonchev–Trinajstić information content (AvgIpc) is 3.28. The predicted octanol–water partition coefficient (Wildman–Crippen LogP) is 4.53. The minimum atomic E-state index is 0.0156. The molecule has 2 aromatic heterocycles. The lowest BCUT2D eigenvalue weighted by atomic mass is 10.1. The Kier molecular flexibility index (Phi) is 4.13. The molecule has 7 nitrogen and oxygen atoms in total. The van der Waals surface area contributed by atoms with E-state index < -0.39 is 0 Å². The van der Waals surface area contributed by atoms with Crippen molar-refractivity contribution in [1.82, 2.24) is 14.8 Å². The highest BCUT2D eigenvalue weighted by molar-refractivity contribution is 7.13. The maximum atomic E-state index is 10.7. The van der Waals surface area contributed by atoms with Crippen molar-refractivity contribution in [2.75, 3.05) is 0 Å². The van der Waals surface area contributed by atoms with Crippen LogP contribution in [0.5, 0.6) is 5.88 Å². The summed E-state index contributed by atoms with van der Waals surface area (Å²) in [7, 11) is 0. The van der Waals surface area contributed by atoms with Crippen LogP contribution in [0.15, 0.2) is 64.3 Å². The van der Waals surface area contributed by atoms with Crippen LogP contribution >= 0.6 is 11.3 Å². The van der Waals surface area contributed by atoms with Crippen molar-refractivity contribution in [3.8, 4) is 11.9 Å². The van der Waals surface area contributed by atoms with Crippen molar-refractivity contribution < 1.29 is 5.11 Å². The number of azo groups is 1. The number of aromatic hydroxyl groups is 1. The Morgan fingerprint density at radius 3 is 2.85 bits per heavy atom. The quantitative estimate of drug-likeness (QED) is 0.540. The van der Waals surface area contributed by atoms with E-state index in [1.165, 1.54) is 11.3 Å². The summed E-state index contributed by atoms with van der Waals surface area (Å²) in [6, 6.07) is 17.0. The molecule has 26 heavy (non-hydrogen) atoms. The van der Waals surface area contributed by atoms with Crippen LogP contribution in [-0.2, 0) is 6.54 Å². The number of nitriles is 1. The largest absolute Gasteiger partial charge is 0.493 e. The molecule has 0 spiro atoms. The Bertz CT molecular complexity index is 1140. The minimum absolute atomic E-state index is 0.0156. The lowest BCUT2D eigenvalue weighted by molar-refractivity contribution is 0.429. The van der Waals surface area contributed by atoms with Gasteiger partial charge in [0.2, 0.25) is 5.88 Å². The van der Waals surface area contributed by atoms with E-state index in [1.54, 1.807) is 22.2 Å². The number of fused-ring (bicyclic) bond motifs is 1. The van der Waals surface area contributed by atoms with Crippen molar-refractivity contribution >= 4 is 33.1 Å². The van der Waals surface area contributed by atoms with E-state index in [2.05, 4.69) is 26.5 Å². The second-order valence-electron chi connectivity index (χ2n) is 5.51. The maximum absolute atomic E-state index is 10.7. The minimum Gasteiger partial charge on any atom is -0.493 e. The fourth-order valence-corrected chi connectivity index (χ4v) is 3.13. The van der Waals surface area contributed by atoms with E-state index in [1.807, 2.05) is 36.4 Å². The first kappa shape index (κ1) is 15.9. The van der Waals surface area contributed by atoms with Crippen LogP contribution in [0.1, 0.15) is 11.1 Å². The Labute approximate surface area is 152 Å². The number of aromatic nitrogens is 3. The molecule has 0 fully saturated rings. The summed E-state index contributed by atoms with van der Waals surface area (Å²) >= 11 is 1.27. The van der Waals surface area contributed by atoms with Gasteiger partial charge in [0.25, 0.3) is 5.13 Å². The van der Waals surface area contributed by atoms with E-state index in [0.29, 0.717) is 22.9 Å². The standard InChI is InChI=1S/C18H12N6OS/c19-9-12-4-3-5-13(8-12)10-24-15-7-2-1-6-14(15)16(17(24)25)21-23-18-22-20-11-26-18/h1-8,11,25H,10H2. The predicted molar refractivity (Wildman–Crippen MR) is 97.9 cm³/mol. The third kappa shape index (κ3) is 2.92. The van der Waals surface area contributed by atoms with Gasteiger partial charge in [-0.1, -0.05) is 41.7 Å². The molecule has 0 aliphatic rings. The number of rotatable bonds is 4. The molecule has 0 bridgehead atoms. The Morgan fingerprint density at radius 2 is 2.04 bits per heavy atom. The van der Waals surface area contributed by atoms with Gasteiger partial charge in [-0.05, 0) is 23.8 Å². The van der Waals surface area contributed by atoms with Crippen LogP contribution in [0.2, 0.25) is 0 Å². The fourth-order valence-electron chi connectivity index (χ4n) is 2.76. The van der Waals surface area contributed by atoms with Crippen LogP contribution in [-0.4, -0.2) is 19.9 Å². The molecule has 4 aromatic rings. The molecular formula is C18H12N6OS. The summed E-state index contributed by atoms with van der Waals surface area (Å²) in [6.07, 6.45) is 0. The monoisotopic (exact) mass is 360 g/mol. The van der Waals surface area contributed by atoms with Gasteiger partial charge in [-0.3, -0.25) is 0 Å². The first-order valence-electron chi connectivity index (χ1n) is 7.73. The first-order chi connectivity index (χ1) is 12.8. The number of benzene rings is 2. The smallest absolute Gasteiger partial charge is 0.251 e. The second kappa shape index (κ2) is 6.74. The van der Waals surface area contributed by atoms with Crippen molar-refractivity contribution in [2.45, 2.75) is 6.54 Å². The highest BCUT2D eigenvalue weighted by Gasteiger charge is 2.16. The first-order valence-corrected chi connectivity index (χ1v) is 8.61. The Hall–Kier alpha value is -3.57. The van der Waals surface area contributed by atoms with Gasteiger partial charge in [0.05, 0.1) is 23.7 Å². The number of hydrogen-bond donors (Lipinski definition) is 1. The highest BCUT2D eigenvalue weighted by Crippen LogP contribution is 2.39. The molecule has 0 saturated heterocycles. The third-order valence-corrected chi connectivity index (χ3v) is 4.47. The van der Waals surface area contributed by atoms with Gasteiger partial charge in [0.15, 0.2) is 5.69 Å². The molecular weight excluding hydrogens is 348 g/mol. The molecule has 1 N–H and O–H groups in total. The van der Waals surface area contributed by atoms with Gasteiger partial charge in [0, 0.05) is 5.39 Å². The second-order valence-corrected chi connectivity index (χ2v) is 6.32. The van der Waals surface area contributed by atoms with Crippen molar-refractivity contribution in [1.29, 1.82) is 5.26 Å². The van der Waals surface area contributed by atoms with Gasteiger partial charge in [0.1, 0.15) is 5.51 Å². The SMILES string of the molecule is N#Cc1cccc(Cn2c(O)c(N=Nc3nncs3)c3ccccc32)c1. The summed E-state index contributed by atoms with van der Waals surface area (Å²) in [5, 5.41) is 36.8. The van der Waals surface area contributed by atoms with Crippen molar-refractivity contribution in [3.05, 3.63) is 65.2 Å². The number of nitrogens with zero attached hydrogens (tertiary/aromatic N) is 6. The summed E-state index contributed by atoms with van der Waals surface area (Å²) < 4.78 is 1.75. The molecule has 0 radical (unpaired) electrons. The molecule has 0 atom stereocenters. The van der Waals surface area contributed by atoms with E-state index in [4.69, 9.17) is 5.26 Å². The van der Waals surface area contributed by atoms with E-state index >= 15 is 0 Å². The van der Waals surface area contributed by atoms with Gasteiger partial charge in [-0.2, -0.15) is 5.26 Å². The van der Waals surface area contributed by atoms with Gasteiger partial charge < -0.3 is 9.67 Å². The number of para-hydroxylation sites is 1. The Morgan fingerprint density at radius 1 is 1.15 bits per heavy atom. The third-order valence-electron chi connectivity index (χ3n) is 3.90. The molecule has 2 aromatic carbocycles. The molecule has 126 valence electrons. The lowest BCUT2D eigenvalue weighted by Crippen LogP contribution is -1.99. The van der Waals surface area contributed by atoms with E-state index in [0.717, 1.165) is 16.5 Å². The fraction of sp³-hybridized carbons (Fsp3) is 0.0556. The van der Waals surface area contributed by atoms with Crippen LogP contribution in [0.25, 0.3) is 10.9 Å².